The molecule has 2 unspecified atom stereocenters. The third-order valence-corrected chi connectivity index (χ3v) is 3.49. The van der Waals surface area contributed by atoms with Gasteiger partial charge in [-0.15, -0.1) is 0 Å². The van der Waals surface area contributed by atoms with E-state index in [1.807, 2.05) is 37.3 Å². The van der Waals surface area contributed by atoms with E-state index in [-0.39, 0.29) is 6.04 Å². The van der Waals surface area contributed by atoms with E-state index in [9.17, 15) is 9.90 Å². The predicted octanol–water partition coefficient (Wildman–Crippen LogP) is 2.07. The maximum Gasteiger partial charge on any atom is 0.137 e. The van der Waals surface area contributed by atoms with Gasteiger partial charge < -0.3 is 10.4 Å². The van der Waals surface area contributed by atoms with Crippen LogP contribution in [0.5, 0.6) is 0 Å². The first-order chi connectivity index (χ1) is 8.68. The van der Waals surface area contributed by atoms with E-state index in [0.717, 1.165) is 18.4 Å². The molecule has 1 aliphatic rings. The number of ketones is 1. The number of hydrogen-bond donors (Lipinski definition) is 2. The molecule has 0 heterocycles. The zero-order valence-electron chi connectivity index (χ0n) is 10.8. The molecule has 0 saturated heterocycles. The maximum absolute atomic E-state index is 11.5. The van der Waals surface area contributed by atoms with Crippen molar-refractivity contribution in [1.29, 1.82) is 0 Å². The Morgan fingerprint density at radius 3 is 2.67 bits per heavy atom. The molecule has 0 radical (unpaired) electrons. The first-order valence-corrected chi connectivity index (χ1v) is 6.67. The second-order valence-electron chi connectivity index (χ2n) is 5.09. The Morgan fingerprint density at radius 2 is 2.06 bits per heavy atom. The highest BCUT2D eigenvalue weighted by molar-refractivity contribution is 5.83. The molecular formula is C15H21NO2. The van der Waals surface area contributed by atoms with Crippen LogP contribution in [0.4, 0.5) is 0 Å². The SMILES string of the molecule is CC(NCCC(=O)C1CC1)C(O)c1ccccc1. The van der Waals surface area contributed by atoms with E-state index < -0.39 is 6.10 Å². The lowest BCUT2D eigenvalue weighted by molar-refractivity contribution is -0.120. The van der Waals surface area contributed by atoms with Crippen LogP contribution in [0.15, 0.2) is 30.3 Å². The molecule has 1 fully saturated rings. The Balaban J connectivity index is 1.73. The number of benzene rings is 1. The molecule has 1 saturated carbocycles. The fourth-order valence-corrected chi connectivity index (χ4v) is 2.08. The number of nitrogens with one attached hydrogen (secondary N) is 1. The lowest BCUT2D eigenvalue weighted by Crippen LogP contribution is -2.33. The molecule has 1 aliphatic carbocycles. The maximum atomic E-state index is 11.5. The van der Waals surface area contributed by atoms with Gasteiger partial charge in [0.1, 0.15) is 5.78 Å². The van der Waals surface area contributed by atoms with Crippen molar-refractivity contribution in [2.75, 3.05) is 6.54 Å². The largest absolute Gasteiger partial charge is 0.387 e. The van der Waals surface area contributed by atoms with Gasteiger partial charge in [0.05, 0.1) is 6.10 Å². The third kappa shape index (κ3) is 3.65. The minimum atomic E-state index is -0.526. The average Bonchev–Trinajstić information content (AvgIpc) is 3.23. The van der Waals surface area contributed by atoms with Crippen LogP contribution in [0.1, 0.15) is 37.9 Å². The van der Waals surface area contributed by atoms with Crippen LogP contribution in [0.3, 0.4) is 0 Å². The normalized spacial score (nSPS) is 18.3. The van der Waals surface area contributed by atoms with Crippen LogP contribution in [-0.2, 0) is 4.79 Å². The number of hydrogen-bond acceptors (Lipinski definition) is 3. The van der Waals surface area contributed by atoms with Crippen LogP contribution in [-0.4, -0.2) is 23.5 Å². The highest BCUT2D eigenvalue weighted by atomic mass is 16.3. The summed E-state index contributed by atoms with van der Waals surface area (Å²) in [5, 5.41) is 13.4. The monoisotopic (exact) mass is 247 g/mol. The van der Waals surface area contributed by atoms with Gasteiger partial charge in [0, 0.05) is 24.9 Å². The van der Waals surface area contributed by atoms with Gasteiger partial charge in [0.2, 0.25) is 0 Å². The molecule has 0 amide bonds. The quantitative estimate of drug-likeness (QED) is 0.775. The van der Waals surface area contributed by atoms with E-state index >= 15 is 0 Å². The Hall–Kier alpha value is -1.19. The summed E-state index contributed by atoms with van der Waals surface area (Å²) in [6.07, 6.45) is 2.20. The van der Waals surface area contributed by atoms with Gasteiger partial charge in [-0.1, -0.05) is 30.3 Å². The van der Waals surface area contributed by atoms with Crippen LogP contribution >= 0.6 is 0 Å². The van der Waals surface area contributed by atoms with Crippen molar-refractivity contribution in [2.45, 2.75) is 38.3 Å². The van der Waals surface area contributed by atoms with Crippen molar-refractivity contribution < 1.29 is 9.90 Å². The summed E-state index contributed by atoms with van der Waals surface area (Å²) in [6.45, 7) is 2.60. The Kier molecular flexibility index (Phi) is 4.50. The molecular weight excluding hydrogens is 226 g/mol. The van der Waals surface area contributed by atoms with Crippen molar-refractivity contribution in [2.24, 2.45) is 5.92 Å². The summed E-state index contributed by atoms with van der Waals surface area (Å²) in [7, 11) is 0. The van der Waals surface area contributed by atoms with Crippen molar-refractivity contribution >= 4 is 5.78 Å². The summed E-state index contributed by atoms with van der Waals surface area (Å²) in [6, 6.07) is 9.56. The van der Waals surface area contributed by atoms with Crippen LogP contribution < -0.4 is 5.32 Å². The van der Waals surface area contributed by atoms with E-state index in [0.29, 0.717) is 24.7 Å². The van der Waals surface area contributed by atoms with Gasteiger partial charge in [-0.05, 0) is 25.3 Å². The van der Waals surface area contributed by atoms with Crippen molar-refractivity contribution in [1.82, 2.24) is 5.32 Å². The fourth-order valence-electron chi connectivity index (χ4n) is 2.08. The van der Waals surface area contributed by atoms with Gasteiger partial charge in [0.25, 0.3) is 0 Å². The molecule has 0 spiro atoms. The van der Waals surface area contributed by atoms with Crippen molar-refractivity contribution in [3.8, 4) is 0 Å². The topological polar surface area (TPSA) is 49.3 Å². The molecule has 1 aromatic carbocycles. The molecule has 2 N–H and O–H groups in total. The van der Waals surface area contributed by atoms with Crippen LogP contribution in [0.2, 0.25) is 0 Å². The lowest BCUT2D eigenvalue weighted by Gasteiger charge is -2.20. The number of rotatable bonds is 7. The minimum Gasteiger partial charge on any atom is -0.387 e. The second kappa shape index (κ2) is 6.12. The third-order valence-electron chi connectivity index (χ3n) is 3.49. The summed E-state index contributed by atoms with van der Waals surface area (Å²) in [4.78, 5) is 11.5. The van der Waals surface area contributed by atoms with Gasteiger partial charge in [-0.2, -0.15) is 0 Å². The Morgan fingerprint density at radius 1 is 1.39 bits per heavy atom. The van der Waals surface area contributed by atoms with Crippen molar-refractivity contribution in [3.63, 3.8) is 0 Å². The average molecular weight is 247 g/mol. The first kappa shape index (κ1) is 13.2. The number of carbonyl (C=O) groups is 1. The lowest BCUT2D eigenvalue weighted by atomic mass is 10.0. The predicted molar refractivity (Wildman–Crippen MR) is 71.2 cm³/mol. The molecule has 18 heavy (non-hydrogen) atoms. The van der Waals surface area contributed by atoms with Crippen LogP contribution in [0, 0.1) is 5.92 Å². The first-order valence-electron chi connectivity index (χ1n) is 6.67. The number of aliphatic hydroxyl groups is 1. The van der Waals surface area contributed by atoms with Gasteiger partial charge >= 0.3 is 0 Å². The zero-order chi connectivity index (χ0) is 13.0. The second-order valence-corrected chi connectivity index (χ2v) is 5.09. The van der Waals surface area contributed by atoms with E-state index in [2.05, 4.69) is 5.32 Å². The summed E-state index contributed by atoms with van der Waals surface area (Å²) < 4.78 is 0. The summed E-state index contributed by atoms with van der Waals surface area (Å²) >= 11 is 0. The molecule has 2 atom stereocenters. The number of aliphatic hydroxyl groups excluding tert-OH is 1. The van der Waals surface area contributed by atoms with Crippen LogP contribution in [0.25, 0.3) is 0 Å². The summed E-state index contributed by atoms with van der Waals surface area (Å²) in [5.41, 5.74) is 0.908. The van der Waals surface area contributed by atoms with Gasteiger partial charge in [-0.3, -0.25) is 4.79 Å². The van der Waals surface area contributed by atoms with E-state index in [4.69, 9.17) is 0 Å². The molecule has 3 nitrogen and oxygen atoms in total. The van der Waals surface area contributed by atoms with E-state index in [1.54, 1.807) is 0 Å². The van der Waals surface area contributed by atoms with Gasteiger partial charge in [0.15, 0.2) is 0 Å². The fraction of sp³-hybridized carbons (Fsp3) is 0.533. The molecule has 0 aromatic heterocycles. The number of carbonyl (C=O) groups excluding carboxylic acids is 1. The molecule has 1 aromatic rings. The molecule has 0 aliphatic heterocycles. The smallest absolute Gasteiger partial charge is 0.137 e. The van der Waals surface area contributed by atoms with Crippen molar-refractivity contribution in [3.05, 3.63) is 35.9 Å². The molecule has 2 rings (SSSR count). The molecule has 0 bridgehead atoms. The standard InChI is InChI=1S/C15H21NO2/c1-11(15(18)13-5-3-2-4-6-13)16-10-9-14(17)12-7-8-12/h2-6,11-12,15-16,18H,7-10H2,1H3. The Labute approximate surface area is 108 Å². The molecule has 3 heteroatoms. The minimum absolute atomic E-state index is 0.0422. The van der Waals surface area contributed by atoms with E-state index in [1.165, 1.54) is 0 Å². The van der Waals surface area contributed by atoms with Gasteiger partial charge in [-0.25, -0.2) is 0 Å². The Bertz CT molecular complexity index is 387. The molecule has 98 valence electrons. The summed E-state index contributed by atoms with van der Waals surface area (Å²) in [5.74, 6) is 0.699. The highest BCUT2D eigenvalue weighted by Gasteiger charge is 2.28. The zero-order valence-corrected chi connectivity index (χ0v) is 10.8. The number of Topliss-reactive ketones (excluding diaryl/α,β-unsaturated/α-hetero) is 1. The highest BCUT2D eigenvalue weighted by Crippen LogP contribution is 2.30.